The SMILES string of the molecule is Cc1cncc(Nc2nc(NC(CC(C)C)C(N)=O)cnc2C(N)=O)c1. The van der Waals surface area contributed by atoms with Crippen LogP contribution in [0.3, 0.4) is 0 Å². The van der Waals surface area contributed by atoms with Gasteiger partial charge in [-0.2, -0.15) is 0 Å². The molecule has 26 heavy (non-hydrogen) atoms. The Morgan fingerprint density at radius 3 is 2.50 bits per heavy atom. The summed E-state index contributed by atoms with van der Waals surface area (Å²) in [5, 5.41) is 5.94. The van der Waals surface area contributed by atoms with Crippen molar-refractivity contribution in [3.05, 3.63) is 35.9 Å². The lowest BCUT2D eigenvalue weighted by molar-refractivity contribution is -0.119. The second-order valence-electron chi connectivity index (χ2n) is 6.42. The predicted octanol–water partition coefficient (Wildman–Crippen LogP) is 1.33. The molecule has 2 aromatic heterocycles. The quantitative estimate of drug-likeness (QED) is 0.557. The Bertz CT molecular complexity index is 807. The topological polar surface area (TPSA) is 149 Å². The number of carbonyl (C=O) groups is 2. The van der Waals surface area contributed by atoms with E-state index in [0.29, 0.717) is 17.9 Å². The largest absolute Gasteiger partial charge is 0.368 e. The van der Waals surface area contributed by atoms with Gasteiger partial charge in [-0.25, -0.2) is 9.97 Å². The van der Waals surface area contributed by atoms with Gasteiger partial charge in [-0.05, 0) is 30.9 Å². The van der Waals surface area contributed by atoms with Crippen molar-refractivity contribution in [3.63, 3.8) is 0 Å². The van der Waals surface area contributed by atoms with Crippen molar-refractivity contribution in [2.24, 2.45) is 17.4 Å². The number of pyridine rings is 1. The Kier molecular flexibility index (Phi) is 6.05. The van der Waals surface area contributed by atoms with Gasteiger partial charge in [-0.15, -0.1) is 0 Å². The predicted molar refractivity (Wildman–Crippen MR) is 98.9 cm³/mol. The molecule has 6 N–H and O–H groups in total. The molecule has 0 saturated heterocycles. The van der Waals surface area contributed by atoms with Gasteiger partial charge in [0.2, 0.25) is 5.91 Å². The average Bonchev–Trinajstić information content (AvgIpc) is 2.53. The lowest BCUT2D eigenvalue weighted by Gasteiger charge is -2.18. The van der Waals surface area contributed by atoms with Crippen LogP contribution in [0.25, 0.3) is 0 Å². The molecule has 0 aromatic carbocycles. The maximum atomic E-state index is 11.6. The summed E-state index contributed by atoms with van der Waals surface area (Å²) in [5.41, 5.74) is 12.4. The molecule has 1 unspecified atom stereocenters. The number of primary amides is 2. The lowest BCUT2D eigenvalue weighted by atomic mass is 10.0. The number of hydrogen-bond donors (Lipinski definition) is 4. The molecular formula is C17H23N7O2. The molecule has 0 spiro atoms. The van der Waals surface area contributed by atoms with Crippen molar-refractivity contribution in [2.75, 3.05) is 10.6 Å². The summed E-state index contributed by atoms with van der Waals surface area (Å²) in [7, 11) is 0. The summed E-state index contributed by atoms with van der Waals surface area (Å²) in [4.78, 5) is 35.7. The average molecular weight is 357 g/mol. The first-order chi connectivity index (χ1) is 12.3. The number of nitrogens with one attached hydrogen (secondary N) is 2. The van der Waals surface area contributed by atoms with E-state index in [2.05, 4.69) is 25.6 Å². The van der Waals surface area contributed by atoms with Crippen LogP contribution in [0.1, 0.15) is 36.3 Å². The molecule has 0 bridgehead atoms. The second-order valence-corrected chi connectivity index (χ2v) is 6.42. The highest BCUT2D eigenvalue weighted by Gasteiger charge is 2.19. The van der Waals surface area contributed by atoms with Gasteiger partial charge in [0.05, 0.1) is 18.1 Å². The molecule has 0 saturated carbocycles. The standard InChI is InChI=1S/C17H23N7O2/c1-9(2)4-12(15(18)25)23-13-8-21-14(16(19)26)17(24-13)22-11-5-10(3)6-20-7-11/h5-9,12H,4H2,1-3H3,(H2,18,25)(H2,19,26)(H2,22,23,24). The van der Waals surface area contributed by atoms with Crippen LogP contribution in [0.15, 0.2) is 24.7 Å². The fraction of sp³-hybridized carbons (Fsp3) is 0.353. The normalized spacial score (nSPS) is 11.8. The first kappa shape index (κ1) is 19.1. The van der Waals surface area contributed by atoms with Crippen LogP contribution in [0.4, 0.5) is 17.3 Å². The number of hydrogen-bond acceptors (Lipinski definition) is 7. The van der Waals surface area contributed by atoms with E-state index >= 15 is 0 Å². The minimum absolute atomic E-state index is 0.0171. The van der Waals surface area contributed by atoms with Gasteiger partial charge in [0.15, 0.2) is 11.5 Å². The first-order valence-corrected chi connectivity index (χ1v) is 8.17. The Labute approximate surface area is 151 Å². The van der Waals surface area contributed by atoms with Crippen LogP contribution in [0.2, 0.25) is 0 Å². The number of rotatable bonds is 8. The van der Waals surface area contributed by atoms with Crippen molar-refractivity contribution in [3.8, 4) is 0 Å². The molecule has 138 valence electrons. The van der Waals surface area contributed by atoms with E-state index in [-0.39, 0.29) is 17.4 Å². The molecular weight excluding hydrogens is 334 g/mol. The number of nitrogens with zero attached hydrogens (tertiary/aromatic N) is 3. The van der Waals surface area contributed by atoms with Gasteiger partial charge < -0.3 is 22.1 Å². The smallest absolute Gasteiger partial charge is 0.271 e. The zero-order chi connectivity index (χ0) is 19.3. The van der Waals surface area contributed by atoms with Gasteiger partial charge >= 0.3 is 0 Å². The maximum absolute atomic E-state index is 11.6. The molecule has 9 heteroatoms. The van der Waals surface area contributed by atoms with E-state index in [1.807, 2.05) is 26.8 Å². The summed E-state index contributed by atoms with van der Waals surface area (Å²) in [5.74, 6) is -0.475. The highest BCUT2D eigenvalue weighted by atomic mass is 16.1. The Hall–Kier alpha value is -3.23. The molecule has 2 heterocycles. The molecule has 0 radical (unpaired) electrons. The molecule has 2 rings (SSSR count). The minimum Gasteiger partial charge on any atom is -0.368 e. The van der Waals surface area contributed by atoms with E-state index in [1.165, 1.54) is 6.20 Å². The van der Waals surface area contributed by atoms with E-state index in [0.717, 1.165) is 5.56 Å². The maximum Gasteiger partial charge on any atom is 0.271 e. The number of anilines is 3. The molecule has 1 atom stereocenters. The van der Waals surface area contributed by atoms with Crippen molar-refractivity contribution in [2.45, 2.75) is 33.2 Å². The van der Waals surface area contributed by atoms with Gasteiger partial charge in [0.1, 0.15) is 11.9 Å². The Balaban J connectivity index is 2.32. The zero-order valence-corrected chi connectivity index (χ0v) is 15.0. The Morgan fingerprint density at radius 2 is 1.92 bits per heavy atom. The van der Waals surface area contributed by atoms with Crippen molar-refractivity contribution < 1.29 is 9.59 Å². The molecule has 2 amide bonds. The summed E-state index contributed by atoms with van der Waals surface area (Å²) in [6.07, 6.45) is 5.17. The summed E-state index contributed by atoms with van der Waals surface area (Å²) < 4.78 is 0. The third-order valence-electron chi connectivity index (χ3n) is 3.52. The summed E-state index contributed by atoms with van der Waals surface area (Å²) >= 11 is 0. The highest BCUT2D eigenvalue weighted by Crippen LogP contribution is 2.20. The van der Waals surface area contributed by atoms with E-state index in [4.69, 9.17) is 11.5 Å². The van der Waals surface area contributed by atoms with Crippen molar-refractivity contribution >= 4 is 29.1 Å². The van der Waals surface area contributed by atoms with Crippen LogP contribution in [0.5, 0.6) is 0 Å². The third-order valence-corrected chi connectivity index (χ3v) is 3.52. The highest BCUT2D eigenvalue weighted by molar-refractivity contribution is 5.96. The molecule has 0 fully saturated rings. The van der Waals surface area contributed by atoms with E-state index in [9.17, 15) is 9.59 Å². The van der Waals surface area contributed by atoms with Crippen LogP contribution in [-0.4, -0.2) is 32.8 Å². The number of aryl methyl sites for hydroxylation is 1. The van der Waals surface area contributed by atoms with E-state index < -0.39 is 17.9 Å². The molecule has 0 aliphatic carbocycles. The van der Waals surface area contributed by atoms with Gasteiger partial charge in [0, 0.05) is 6.20 Å². The molecule has 0 aliphatic rings. The molecule has 2 aromatic rings. The fourth-order valence-electron chi connectivity index (χ4n) is 2.38. The van der Waals surface area contributed by atoms with Gasteiger partial charge in [0.25, 0.3) is 5.91 Å². The van der Waals surface area contributed by atoms with Crippen LogP contribution < -0.4 is 22.1 Å². The van der Waals surface area contributed by atoms with E-state index in [1.54, 1.807) is 12.4 Å². The Morgan fingerprint density at radius 1 is 1.19 bits per heavy atom. The van der Waals surface area contributed by atoms with Gasteiger partial charge in [-0.1, -0.05) is 13.8 Å². The minimum atomic E-state index is -0.721. The number of amides is 2. The zero-order valence-electron chi connectivity index (χ0n) is 15.0. The number of nitrogens with two attached hydrogens (primary N) is 2. The van der Waals surface area contributed by atoms with Crippen LogP contribution >= 0.6 is 0 Å². The van der Waals surface area contributed by atoms with Crippen molar-refractivity contribution in [1.29, 1.82) is 0 Å². The summed E-state index contributed by atoms with van der Waals surface area (Å²) in [6.45, 7) is 5.86. The monoisotopic (exact) mass is 357 g/mol. The van der Waals surface area contributed by atoms with Crippen molar-refractivity contribution in [1.82, 2.24) is 15.0 Å². The lowest BCUT2D eigenvalue weighted by Crippen LogP contribution is -2.37. The summed E-state index contributed by atoms with van der Waals surface area (Å²) in [6, 6.07) is 1.24. The third kappa shape index (κ3) is 5.13. The van der Waals surface area contributed by atoms with Crippen LogP contribution in [-0.2, 0) is 4.79 Å². The van der Waals surface area contributed by atoms with Crippen LogP contribution in [0, 0.1) is 12.8 Å². The first-order valence-electron chi connectivity index (χ1n) is 8.17. The number of carbonyl (C=O) groups excluding carboxylic acids is 2. The fourth-order valence-corrected chi connectivity index (χ4v) is 2.38. The molecule has 9 nitrogen and oxygen atoms in total. The number of aromatic nitrogens is 3. The second kappa shape index (κ2) is 8.24. The van der Waals surface area contributed by atoms with Gasteiger partial charge in [-0.3, -0.25) is 14.6 Å². The molecule has 0 aliphatic heterocycles.